The standard InChI is InChI=1S/C36H42O8P2/c1-5-39-45(37,40-6-2)43-35-31-17-11-18-32(35)24-28-14-10-16-30(22-28)26-34-20-12-19-33(25-29-15-9-13-27(21-29)23-31)36(34)44-46(38,41-7-3)42-8-4/h9-22H,5-8,23-26H2,1-4H3. The molecule has 0 spiro atoms. The van der Waals surface area contributed by atoms with Gasteiger partial charge >= 0.3 is 15.6 Å². The van der Waals surface area contributed by atoms with Gasteiger partial charge in [0.25, 0.3) is 0 Å². The molecule has 0 N–H and O–H groups in total. The Hall–Kier alpha value is -3.22. The van der Waals surface area contributed by atoms with Crippen molar-refractivity contribution in [3.8, 4) is 11.5 Å². The smallest absolute Gasteiger partial charge is 0.403 e. The van der Waals surface area contributed by atoms with Crippen LogP contribution in [0.4, 0.5) is 0 Å². The highest BCUT2D eigenvalue weighted by Crippen LogP contribution is 2.52. The second-order valence-electron chi connectivity index (χ2n) is 10.9. The highest BCUT2D eigenvalue weighted by atomic mass is 31.2. The third kappa shape index (κ3) is 8.57. The second-order valence-corrected chi connectivity index (χ2v) is 14.1. The molecular weight excluding hydrogens is 622 g/mol. The summed E-state index contributed by atoms with van der Waals surface area (Å²) in [4.78, 5) is 0. The molecule has 0 saturated carbocycles. The van der Waals surface area contributed by atoms with Crippen LogP contribution in [0.5, 0.6) is 11.5 Å². The Balaban J connectivity index is 1.64. The number of benzene rings is 4. The van der Waals surface area contributed by atoms with E-state index >= 15 is 0 Å². The lowest BCUT2D eigenvalue weighted by Gasteiger charge is -2.23. The maximum absolute atomic E-state index is 13.6. The van der Waals surface area contributed by atoms with Gasteiger partial charge in [-0.3, -0.25) is 18.1 Å². The molecule has 0 heterocycles. The number of hydrogen-bond donors (Lipinski definition) is 0. The fourth-order valence-corrected chi connectivity index (χ4v) is 8.22. The van der Waals surface area contributed by atoms with E-state index in [-0.39, 0.29) is 26.4 Å². The molecule has 244 valence electrons. The van der Waals surface area contributed by atoms with Gasteiger partial charge in [0.05, 0.1) is 26.4 Å². The third-order valence-corrected chi connectivity index (χ3v) is 10.6. The minimum absolute atomic E-state index is 0.190. The summed E-state index contributed by atoms with van der Waals surface area (Å²) in [5, 5.41) is 0. The molecule has 0 amide bonds. The lowest BCUT2D eigenvalue weighted by Crippen LogP contribution is -2.08. The maximum Gasteiger partial charge on any atom is 0.530 e. The average Bonchev–Trinajstić information content (AvgIpc) is 3.01. The quantitative estimate of drug-likeness (QED) is 0.122. The van der Waals surface area contributed by atoms with E-state index in [9.17, 15) is 9.13 Å². The Morgan fingerprint density at radius 3 is 0.978 bits per heavy atom. The van der Waals surface area contributed by atoms with E-state index < -0.39 is 15.6 Å². The molecule has 4 aromatic rings. The van der Waals surface area contributed by atoms with Crippen LogP contribution in [0.25, 0.3) is 0 Å². The summed E-state index contributed by atoms with van der Waals surface area (Å²) in [5.74, 6) is 1.03. The van der Waals surface area contributed by atoms with E-state index in [4.69, 9.17) is 27.1 Å². The molecule has 5 rings (SSSR count). The molecular formula is C36H42O8P2. The molecule has 1 aliphatic rings. The van der Waals surface area contributed by atoms with Crippen LogP contribution in [0.2, 0.25) is 0 Å². The fourth-order valence-electron chi connectivity index (χ4n) is 5.68. The summed E-state index contributed by atoms with van der Waals surface area (Å²) in [6.07, 6.45) is 2.12. The van der Waals surface area contributed by atoms with Gasteiger partial charge in [-0.1, -0.05) is 84.9 Å². The highest BCUT2D eigenvalue weighted by Gasteiger charge is 2.31. The Morgan fingerprint density at radius 2 is 0.717 bits per heavy atom. The first-order valence-electron chi connectivity index (χ1n) is 15.8. The van der Waals surface area contributed by atoms with Crippen molar-refractivity contribution in [2.75, 3.05) is 26.4 Å². The molecule has 1 aliphatic carbocycles. The SMILES string of the molecule is CCOP(=O)(OCC)Oc1c2cccc1Cc1cccc(c1)Cc1cccc(c1OP(=O)(OCC)OCC)Cc1cccc(c1)C2. The monoisotopic (exact) mass is 664 g/mol. The summed E-state index contributed by atoms with van der Waals surface area (Å²) in [5.41, 5.74) is 7.67. The van der Waals surface area contributed by atoms with Crippen LogP contribution >= 0.6 is 15.6 Å². The first kappa shape index (κ1) is 34.1. The molecule has 10 heteroatoms. The number of phosphoric acid groups is 2. The van der Waals surface area contributed by atoms with Crippen LogP contribution in [-0.2, 0) is 52.9 Å². The molecule has 0 saturated heterocycles. The van der Waals surface area contributed by atoms with E-state index in [1.54, 1.807) is 27.7 Å². The van der Waals surface area contributed by atoms with Gasteiger partial charge in [-0.2, -0.15) is 0 Å². The number of phosphoric ester groups is 2. The zero-order valence-corrected chi connectivity index (χ0v) is 28.7. The molecule has 0 aromatic heterocycles. The Bertz CT molecular complexity index is 1510. The lowest BCUT2D eigenvalue weighted by atomic mass is 9.93. The van der Waals surface area contributed by atoms with Crippen molar-refractivity contribution in [1.29, 1.82) is 0 Å². The van der Waals surface area contributed by atoms with Gasteiger partial charge in [0.2, 0.25) is 0 Å². The van der Waals surface area contributed by atoms with Crippen molar-refractivity contribution in [2.45, 2.75) is 53.4 Å². The molecule has 8 nitrogen and oxygen atoms in total. The van der Waals surface area contributed by atoms with Crippen LogP contribution in [0, 0.1) is 0 Å². The van der Waals surface area contributed by atoms with Gasteiger partial charge in [0.15, 0.2) is 0 Å². The first-order chi connectivity index (χ1) is 22.3. The van der Waals surface area contributed by atoms with Gasteiger partial charge < -0.3 is 9.05 Å². The van der Waals surface area contributed by atoms with Crippen molar-refractivity contribution in [3.05, 3.63) is 129 Å². The third-order valence-electron chi connectivity index (χ3n) is 7.47. The molecule has 0 aliphatic heterocycles. The molecule has 0 atom stereocenters. The topological polar surface area (TPSA) is 89.5 Å². The summed E-state index contributed by atoms with van der Waals surface area (Å²) in [6, 6.07) is 28.5. The summed E-state index contributed by atoms with van der Waals surface area (Å²) in [6.45, 7) is 7.82. The second kappa shape index (κ2) is 15.6. The minimum atomic E-state index is -3.86. The molecule has 0 radical (unpaired) electrons. The van der Waals surface area contributed by atoms with Crippen molar-refractivity contribution in [3.63, 3.8) is 0 Å². The fraction of sp³-hybridized carbons (Fsp3) is 0.333. The predicted molar refractivity (Wildman–Crippen MR) is 180 cm³/mol. The van der Waals surface area contributed by atoms with E-state index in [0.29, 0.717) is 37.2 Å². The largest absolute Gasteiger partial charge is 0.530 e. The predicted octanol–water partition coefficient (Wildman–Crippen LogP) is 9.48. The van der Waals surface area contributed by atoms with Crippen molar-refractivity contribution in [2.24, 2.45) is 0 Å². The van der Waals surface area contributed by atoms with Crippen molar-refractivity contribution < 1.29 is 36.3 Å². The number of fused-ring (bicyclic) bond motifs is 8. The molecule has 46 heavy (non-hydrogen) atoms. The number of para-hydroxylation sites is 2. The highest BCUT2D eigenvalue weighted by molar-refractivity contribution is 7.49. The van der Waals surface area contributed by atoms with E-state index in [0.717, 1.165) is 44.5 Å². The van der Waals surface area contributed by atoms with Gasteiger partial charge in [0, 0.05) is 25.7 Å². The molecule has 0 fully saturated rings. The van der Waals surface area contributed by atoms with Gasteiger partial charge in [-0.05, 0) is 72.2 Å². The zero-order valence-electron chi connectivity index (χ0n) is 26.9. The van der Waals surface area contributed by atoms with Crippen LogP contribution in [-0.4, -0.2) is 26.4 Å². The van der Waals surface area contributed by atoms with Crippen molar-refractivity contribution in [1.82, 2.24) is 0 Å². The summed E-state index contributed by atoms with van der Waals surface area (Å²) < 4.78 is 61.8. The normalized spacial score (nSPS) is 13.3. The minimum Gasteiger partial charge on any atom is -0.403 e. The van der Waals surface area contributed by atoms with Crippen LogP contribution in [0.3, 0.4) is 0 Å². The van der Waals surface area contributed by atoms with E-state index in [1.807, 2.05) is 48.5 Å². The molecule has 0 unspecified atom stereocenters. The summed E-state index contributed by atoms with van der Waals surface area (Å²) >= 11 is 0. The average molecular weight is 665 g/mol. The van der Waals surface area contributed by atoms with Crippen LogP contribution < -0.4 is 9.05 Å². The van der Waals surface area contributed by atoms with E-state index in [2.05, 4.69) is 36.4 Å². The van der Waals surface area contributed by atoms with Crippen LogP contribution in [0.15, 0.2) is 84.9 Å². The Kier molecular flexibility index (Phi) is 11.6. The van der Waals surface area contributed by atoms with Gasteiger partial charge in [-0.15, -0.1) is 0 Å². The summed E-state index contributed by atoms with van der Waals surface area (Å²) in [7, 11) is -7.71. The maximum atomic E-state index is 13.6. The first-order valence-corrected chi connectivity index (χ1v) is 18.7. The Morgan fingerprint density at radius 1 is 0.457 bits per heavy atom. The van der Waals surface area contributed by atoms with Gasteiger partial charge in [0.1, 0.15) is 11.5 Å². The molecule has 4 aromatic carbocycles. The number of rotatable bonds is 12. The Labute approximate surface area is 272 Å². The zero-order chi connectivity index (χ0) is 32.6. The van der Waals surface area contributed by atoms with Crippen molar-refractivity contribution >= 4 is 15.6 Å². The van der Waals surface area contributed by atoms with Crippen LogP contribution in [0.1, 0.15) is 72.2 Å². The van der Waals surface area contributed by atoms with E-state index in [1.165, 1.54) is 0 Å². The number of hydrogen-bond acceptors (Lipinski definition) is 8. The molecule has 8 bridgehead atoms. The lowest BCUT2D eigenvalue weighted by molar-refractivity contribution is 0.165. The van der Waals surface area contributed by atoms with Gasteiger partial charge in [-0.25, -0.2) is 9.13 Å².